The SMILES string of the molecule is Cn1cc(NCCc2ccsc2)cn1. The Morgan fingerprint density at radius 2 is 2.50 bits per heavy atom. The Balaban J connectivity index is 1.78. The van der Waals surface area contributed by atoms with Crippen LogP contribution in [0.15, 0.2) is 29.2 Å². The van der Waals surface area contributed by atoms with Gasteiger partial charge in [0, 0.05) is 19.8 Å². The predicted molar refractivity (Wildman–Crippen MR) is 59.7 cm³/mol. The molecule has 1 N–H and O–H groups in total. The number of hydrogen-bond acceptors (Lipinski definition) is 3. The van der Waals surface area contributed by atoms with Crippen molar-refractivity contribution in [2.24, 2.45) is 7.05 Å². The van der Waals surface area contributed by atoms with Gasteiger partial charge in [-0.1, -0.05) is 0 Å². The Labute approximate surface area is 87.4 Å². The van der Waals surface area contributed by atoms with Crippen molar-refractivity contribution in [1.29, 1.82) is 0 Å². The van der Waals surface area contributed by atoms with Gasteiger partial charge in [0.2, 0.25) is 0 Å². The first-order chi connectivity index (χ1) is 6.84. The molecule has 0 saturated heterocycles. The molecular formula is C10H13N3S. The normalized spacial score (nSPS) is 10.4. The van der Waals surface area contributed by atoms with E-state index in [0.29, 0.717) is 0 Å². The van der Waals surface area contributed by atoms with Gasteiger partial charge < -0.3 is 5.32 Å². The molecule has 0 aliphatic heterocycles. The second-order valence-corrected chi connectivity index (χ2v) is 3.99. The molecule has 2 rings (SSSR count). The second kappa shape index (κ2) is 4.28. The van der Waals surface area contributed by atoms with Crippen LogP contribution < -0.4 is 5.32 Å². The Morgan fingerprint density at radius 1 is 1.57 bits per heavy atom. The van der Waals surface area contributed by atoms with E-state index in [2.05, 4.69) is 27.2 Å². The Morgan fingerprint density at radius 3 is 3.14 bits per heavy atom. The zero-order valence-corrected chi connectivity index (χ0v) is 8.92. The molecule has 14 heavy (non-hydrogen) atoms. The molecule has 2 heterocycles. The number of anilines is 1. The van der Waals surface area contributed by atoms with Crippen molar-refractivity contribution in [3.05, 3.63) is 34.8 Å². The summed E-state index contributed by atoms with van der Waals surface area (Å²) in [6, 6.07) is 2.16. The summed E-state index contributed by atoms with van der Waals surface area (Å²) < 4.78 is 1.80. The summed E-state index contributed by atoms with van der Waals surface area (Å²) in [5.41, 5.74) is 2.48. The highest BCUT2D eigenvalue weighted by Crippen LogP contribution is 2.08. The van der Waals surface area contributed by atoms with Crippen LogP contribution in [-0.2, 0) is 13.5 Å². The number of aromatic nitrogens is 2. The van der Waals surface area contributed by atoms with Crippen molar-refractivity contribution in [3.63, 3.8) is 0 Å². The molecule has 0 aromatic carbocycles. The summed E-state index contributed by atoms with van der Waals surface area (Å²) in [6.45, 7) is 0.961. The Kier molecular flexibility index (Phi) is 2.84. The molecule has 0 aliphatic carbocycles. The van der Waals surface area contributed by atoms with Crippen LogP contribution in [0.4, 0.5) is 5.69 Å². The number of aryl methyl sites for hydroxylation is 1. The molecular weight excluding hydrogens is 194 g/mol. The number of rotatable bonds is 4. The number of nitrogens with zero attached hydrogens (tertiary/aromatic N) is 2. The fourth-order valence-electron chi connectivity index (χ4n) is 1.30. The Hall–Kier alpha value is -1.29. The smallest absolute Gasteiger partial charge is 0.0726 e. The molecule has 0 atom stereocenters. The summed E-state index contributed by atoms with van der Waals surface area (Å²) >= 11 is 1.75. The van der Waals surface area contributed by atoms with Crippen LogP contribution >= 0.6 is 11.3 Å². The van der Waals surface area contributed by atoms with Gasteiger partial charge in [-0.25, -0.2) is 0 Å². The zero-order chi connectivity index (χ0) is 9.80. The van der Waals surface area contributed by atoms with Gasteiger partial charge >= 0.3 is 0 Å². The van der Waals surface area contributed by atoms with Crippen LogP contribution in [0.2, 0.25) is 0 Å². The maximum Gasteiger partial charge on any atom is 0.0726 e. The lowest BCUT2D eigenvalue weighted by molar-refractivity contribution is 0.768. The average molecular weight is 207 g/mol. The minimum Gasteiger partial charge on any atom is -0.382 e. The van der Waals surface area contributed by atoms with Crippen molar-refractivity contribution < 1.29 is 0 Å². The van der Waals surface area contributed by atoms with Crippen molar-refractivity contribution in [1.82, 2.24) is 9.78 Å². The van der Waals surface area contributed by atoms with E-state index in [0.717, 1.165) is 18.7 Å². The summed E-state index contributed by atoms with van der Waals surface area (Å²) in [5, 5.41) is 11.7. The first kappa shape index (κ1) is 9.27. The largest absolute Gasteiger partial charge is 0.382 e. The molecule has 2 aromatic heterocycles. The Bertz CT molecular complexity index is 378. The van der Waals surface area contributed by atoms with E-state index in [9.17, 15) is 0 Å². The molecule has 0 spiro atoms. The van der Waals surface area contributed by atoms with E-state index < -0.39 is 0 Å². The van der Waals surface area contributed by atoms with Crippen LogP contribution in [0.1, 0.15) is 5.56 Å². The van der Waals surface area contributed by atoms with Gasteiger partial charge in [-0.3, -0.25) is 4.68 Å². The lowest BCUT2D eigenvalue weighted by Gasteiger charge is -2.00. The van der Waals surface area contributed by atoms with Crippen molar-refractivity contribution in [2.45, 2.75) is 6.42 Å². The molecule has 74 valence electrons. The van der Waals surface area contributed by atoms with Crippen LogP contribution in [-0.4, -0.2) is 16.3 Å². The lowest BCUT2D eigenvalue weighted by Crippen LogP contribution is -2.03. The molecule has 0 aliphatic rings. The lowest BCUT2D eigenvalue weighted by atomic mass is 10.2. The zero-order valence-electron chi connectivity index (χ0n) is 8.10. The molecule has 0 radical (unpaired) electrons. The van der Waals surface area contributed by atoms with Gasteiger partial charge in [-0.05, 0) is 28.8 Å². The average Bonchev–Trinajstić information content (AvgIpc) is 2.77. The monoisotopic (exact) mass is 207 g/mol. The molecule has 3 nitrogen and oxygen atoms in total. The highest BCUT2D eigenvalue weighted by molar-refractivity contribution is 7.07. The van der Waals surface area contributed by atoms with Gasteiger partial charge in [0.1, 0.15) is 0 Å². The molecule has 0 unspecified atom stereocenters. The summed E-state index contributed by atoms with van der Waals surface area (Å²) in [4.78, 5) is 0. The van der Waals surface area contributed by atoms with Crippen molar-refractivity contribution in [2.75, 3.05) is 11.9 Å². The van der Waals surface area contributed by atoms with E-state index in [4.69, 9.17) is 0 Å². The molecule has 0 saturated carbocycles. The van der Waals surface area contributed by atoms with Gasteiger partial charge in [0.05, 0.1) is 11.9 Å². The van der Waals surface area contributed by atoms with Gasteiger partial charge in [0.25, 0.3) is 0 Å². The third kappa shape index (κ3) is 2.35. The quantitative estimate of drug-likeness (QED) is 0.832. The van der Waals surface area contributed by atoms with E-state index in [-0.39, 0.29) is 0 Å². The van der Waals surface area contributed by atoms with Crippen LogP contribution in [0.3, 0.4) is 0 Å². The summed E-state index contributed by atoms with van der Waals surface area (Å²) in [5.74, 6) is 0. The molecule has 4 heteroatoms. The number of thiophene rings is 1. The van der Waals surface area contributed by atoms with E-state index in [1.165, 1.54) is 5.56 Å². The maximum atomic E-state index is 4.09. The van der Waals surface area contributed by atoms with E-state index >= 15 is 0 Å². The van der Waals surface area contributed by atoms with Crippen molar-refractivity contribution >= 4 is 17.0 Å². The number of nitrogens with one attached hydrogen (secondary N) is 1. The summed E-state index contributed by atoms with van der Waals surface area (Å²) in [7, 11) is 1.92. The molecule has 0 fully saturated rings. The van der Waals surface area contributed by atoms with Crippen molar-refractivity contribution in [3.8, 4) is 0 Å². The predicted octanol–water partition coefficient (Wildman–Crippen LogP) is 2.14. The fourth-order valence-corrected chi connectivity index (χ4v) is 2.00. The first-order valence-electron chi connectivity index (χ1n) is 4.58. The maximum absolute atomic E-state index is 4.09. The first-order valence-corrected chi connectivity index (χ1v) is 5.52. The van der Waals surface area contributed by atoms with Crippen LogP contribution in [0.5, 0.6) is 0 Å². The third-order valence-electron chi connectivity index (χ3n) is 2.03. The minimum absolute atomic E-state index is 0.961. The highest BCUT2D eigenvalue weighted by Gasteiger charge is 1.95. The third-order valence-corrected chi connectivity index (χ3v) is 2.76. The van der Waals surface area contributed by atoms with Gasteiger partial charge in [-0.2, -0.15) is 16.4 Å². The van der Waals surface area contributed by atoms with Gasteiger partial charge in [0.15, 0.2) is 0 Å². The highest BCUT2D eigenvalue weighted by atomic mass is 32.1. The standard InChI is InChI=1S/C10H13N3S/c1-13-7-10(6-12-13)11-4-2-9-3-5-14-8-9/h3,5-8,11H,2,4H2,1H3. The van der Waals surface area contributed by atoms with Gasteiger partial charge in [-0.15, -0.1) is 0 Å². The minimum atomic E-state index is 0.961. The second-order valence-electron chi connectivity index (χ2n) is 3.21. The molecule has 0 amide bonds. The van der Waals surface area contributed by atoms with Crippen LogP contribution in [0, 0.1) is 0 Å². The van der Waals surface area contributed by atoms with E-state index in [1.807, 2.05) is 19.4 Å². The fraction of sp³-hybridized carbons (Fsp3) is 0.300. The number of hydrogen-bond donors (Lipinski definition) is 1. The summed E-state index contributed by atoms with van der Waals surface area (Å²) in [6.07, 6.45) is 4.89. The molecule has 2 aromatic rings. The molecule has 0 bridgehead atoms. The van der Waals surface area contributed by atoms with E-state index in [1.54, 1.807) is 16.0 Å². The van der Waals surface area contributed by atoms with Crippen LogP contribution in [0.25, 0.3) is 0 Å². The topological polar surface area (TPSA) is 29.9 Å².